The van der Waals surface area contributed by atoms with E-state index in [9.17, 15) is 27.6 Å². The summed E-state index contributed by atoms with van der Waals surface area (Å²) in [5.41, 5.74) is 4.97. The van der Waals surface area contributed by atoms with Crippen LogP contribution in [-0.4, -0.2) is 103 Å². The summed E-state index contributed by atoms with van der Waals surface area (Å²) in [5, 5.41) is 6.45. The number of imidazole rings is 1. The zero-order chi connectivity index (χ0) is 35.0. The number of nitrogens with two attached hydrogens (primary N) is 1. The van der Waals surface area contributed by atoms with Crippen LogP contribution in [0, 0.1) is 5.92 Å². The molecule has 3 aromatic heterocycles. The van der Waals surface area contributed by atoms with Gasteiger partial charge >= 0.3 is 6.18 Å². The maximum absolute atomic E-state index is 14.0. The summed E-state index contributed by atoms with van der Waals surface area (Å²) in [6.07, 6.45) is 0.465. The first-order valence-corrected chi connectivity index (χ1v) is 16.0. The Bertz CT molecular complexity index is 1880. The maximum atomic E-state index is 14.0. The SMILES string of the molecule is CN1CCC(C(=O)N2CCN(C(=O)c3ccc(NC(=O)c4ncc(-c5cn(-c6ccc(N)cn6)nc5C(F)(F)F)n4C)cc3Cl)CC2)CC1. The van der Waals surface area contributed by atoms with Gasteiger partial charge in [0.25, 0.3) is 11.8 Å². The Kier molecular flexibility index (Phi) is 9.35. The second-order valence-corrected chi connectivity index (χ2v) is 12.6. The number of nitrogens with zero attached hydrogens (tertiary/aromatic N) is 8. The molecule has 5 heterocycles. The average molecular weight is 699 g/mol. The molecule has 0 saturated carbocycles. The molecule has 0 atom stereocenters. The van der Waals surface area contributed by atoms with E-state index < -0.39 is 17.8 Å². The molecule has 0 unspecified atom stereocenters. The highest BCUT2D eigenvalue weighted by atomic mass is 35.5. The van der Waals surface area contributed by atoms with Crippen molar-refractivity contribution < 1.29 is 27.6 Å². The fraction of sp³-hybridized carbons (Fsp3) is 0.375. The minimum Gasteiger partial charge on any atom is -0.397 e. The number of rotatable bonds is 6. The monoisotopic (exact) mass is 698 g/mol. The molecule has 17 heteroatoms. The van der Waals surface area contributed by atoms with Crippen molar-refractivity contribution in [3.05, 3.63) is 71.0 Å². The molecule has 258 valence electrons. The van der Waals surface area contributed by atoms with Crippen LogP contribution >= 0.6 is 11.6 Å². The molecule has 2 fully saturated rings. The van der Waals surface area contributed by atoms with Gasteiger partial charge in [-0.1, -0.05) is 11.6 Å². The Labute approximate surface area is 284 Å². The number of amides is 3. The molecular weight excluding hydrogens is 665 g/mol. The van der Waals surface area contributed by atoms with Crippen molar-refractivity contribution in [1.82, 2.24) is 39.0 Å². The summed E-state index contributed by atoms with van der Waals surface area (Å²) in [5.74, 6) is -0.906. The number of piperazine rings is 1. The quantitative estimate of drug-likeness (QED) is 0.309. The van der Waals surface area contributed by atoms with Gasteiger partial charge in [-0.25, -0.2) is 14.6 Å². The second kappa shape index (κ2) is 13.5. The number of halogens is 4. The highest BCUT2D eigenvalue weighted by Crippen LogP contribution is 2.37. The van der Waals surface area contributed by atoms with Gasteiger partial charge in [0.05, 0.1) is 39.9 Å². The van der Waals surface area contributed by atoms with Crippen molar-refractivity contribution in [2.75, 3.05) is 57.4 Å². The van der Waals surface area contributed by atoms with Crippen molar-refractivity contribution in [1.29, 1.82) is 0 Å². The van der Waals surface area contributed by atoms with E-state index in [2.05, 4.69) is 25.3 Å². The normalized spacial score (nSPS) is 16.2. The lowest BCUT2D eigenvalue weighted by Crippen LogP contribution is -2.52. The minimum absolute atomic E-state index is 0.00807. The van der Waals surface area contributed by atoms with Crippen molar-refractivity contribution in [3.8, 4) is 17.1 Å². The highest BCUT2D eigenvalue weighted by molar-refractivity contribution is 6.34. The van der Waals surface area contributed by atoms with Crippen molar-refractivity contribution >= 4 is 40.7 Å². The molecule has 2 aliphatic heterocycles. The van der Waals surface area contributed by atoms with Crippen LogP contribution in [-0.2, 0) is 18.0 Å². The zero-order valence-electron chi connectivity index (χ0n) is 26.7. The van der Waals surface area contributed by atoms with Crippen LogP contribution in [0.15, 0.2) is 48.9 Å². The molecule has 3 N–H and O–H groups in total. The van der Waals surface area contributed by atoms with E-state index >= 15 is 0 Å². The van der Waals surface area contributed by atoms with Crippen LogP contribution in [0.3, 0.4) is 0 Å². The van der Waals surface area contributed by atoms with E-state index in [1.54, 1.807) is 4.90 Å². The molecule has 0 radical (unpaired) electrons. The lowest BCUT2D eigenvalue weighted by Gasteiger charge is -2.38. The van der Waals surface area contributed by atoms with Crippen LogP contribution in [0.5, 0.6) is 0 Å². The fourth-order valence-corrected chi connectivity index (χ4v) is 6.32. The van der Waals surface area contributed by atoms with Crippen LogP contribution in [0.1, 0.15) is 39.5 Å². The van der Waals surface area contributed by atoms with E-state index in [4.69, 9.17) is 17.3 Å². The molecule has 6 rings (SSSR count). The number of carbonyl (C=O) groups excluding carboxylic acids is 3. The van der Waals surface area contributed by atoms with Gasteiger partial charge in [0, 0.05) is 51.0 Å². The third kappa shape index (κ3) is 7.10. The molecule has 0 bridgehead atoms. The van der Waals surface area contributed by atoms with E-state index in [0.29, 0.717) is 31.9 Å². The average Bonchev–Trinajstić information content (AvgIpc) is 3.69. The van der Waals surface area contributed by atoms with Gasteiger partial charge < -0.3 is 30.3 Å². The Morgan fingerprint density at radius 1 is 0.939 bits per heavy atom. The molecule has 13 nitrogen and oxygen atoms in total. The minimum atomic E-state index is -4.81. The molecule has 0 aliphatic carbocycles. The molecule has 2 aliphatic rings. The van der Waals surface area contributed by atoms with E-state index in [1.807, 2.05) is 11.9 Å². The Morgan fingerprint density at radius 3 is 2.27 bits per heavy atom. The third-order valence-corrected chi connectivity index (χ3v) is 9.17. The Hall–Kier alpha value is -4.96. The summed E-state index contributed by atoms with van der Waals surface area (Å²) in [6, 6.07) is 7.34. The van der Waals surface area contributed by atoms with Gasteiger partial charge in [-0.3, -0.25) is 14.4 Å². The number of nitrogen functional groups attached to an aromatic ring is 1. The predicted octanol–water partition coefficient (Wildman–Crippen LogP) is 3.80. The summed E-state index contributed by atoms with van der Waals surface area (Å²) in [4.78, 5) is 53.3. The second-order valence-electron chi connectivity index (χ2n) is 12.2. The van der Waals surface area contributed by atoms with Crippen LogP contribution in [0.2, 0.25) is 5.02 Å². The number of carbonyl (C=O) groups is 3. The lowest BCUT2D eigenvalue weighted by molar-refractivity contribution is -0.141. The van der Waals surface area contributed by atoms with Crippen LogP contribution in [0.4, 0.5) is 24.5 Å². The highest BCUT2D eigenvalue weighted by Gasteiger charge is 2.39. The molecule has 1 aromatic carbocycles. The van der Waals surface area contributed by atoms with Crippen molar-refractivity contribution in [2.45, 2.75) is 19.0 Å². The van der Waals surface area contributed by atoms with Crippen molar-refractivity contribution in [3.63, 3.8) is 0 Å². The topological polar surface area (TPSA) is 148 Å². The summed E-state index contributed by atoms with van der Waals surface area (Å²) in [6.45, 7) is 3.42. The number of anilines is 2. The first-order chi connectivity index (χ1) is 23.3. The van der Waals surface area contributed by atoms with Crippen molar-refractivity contribution in [2.24, 2.45) is 13.0 Å². The van der Waals surface area contributed by atoms with Crippen LogP contribution in [0.25, 0.3) is 17.1 Å². The standard InChI is InChI=1S/C32H34ClF3N10O3/c1-42-9-7-19(8-10-42)30(48)44-11-13-45(14-12-44)31(49)22-5-4-21(15-24(22)33)40-29(47)28-39-17-25(43(28)2)23-18-46(41-27(23)32(34,35)36)26-6-3-20(37)16-38-26/h3-6,15-19H,7-14,37H2,1-2H3,(H,40,47). The first-order valence-electron chi connectivity index (χ1n) is 15.6. The van der Waals surface area contributed by atoms with Gasteiger partial charge in [-0.2, -0.15) is 18.3 Å². The Balaban J connectivity index is 1.12. The van der Waals surface area contributed by atoms with E-state index in [-0.39, 0.29) is 56.9 Å². The Morgan fingerprint density at radius 2 is 1.63 bits per heavy atom. The molecule has 0 spiro atoms. The maximum Gasteiger partial charge on any atom is 0.435 e. The van der Waals surface area contributed by atoms with E-state index in [0.717, 1.165) is 43.0 Å². The smallest absolute Gasteiger partial charge is 0.397 e. The number of piperidine rings is 1. The van der Waals surface area contributed by atoms with Gasteiger partial charge in [0.15, 0.2) is 17.3 Å². The summed E-state index contributed by atoms with van der Waals surface area (Å²) in [7, 11) is 3.46. The third-order valence-electron chi connectivity index (χ3n) is 8.86. The number of benzene rings is 1. The number of hydrogen-bond acceptors (Lipinski definition) is 8. The van der Waals surface area contributed by atoms with Gasteiger partial charge in [-0.15, -0.1) is 0 Å². The predicted molar refractivity (Wildman–Crippen MR) is 175 cm³/mol. The van der Waals surface area contributed by atoms with E-state index in [1.165, 1.54) is 48.1 Å². The number of nitrogens with one attached hydrogen (secondary N) is 1. The summed E-state index contributed by atoms with van der Waals surface area (Å²) < 4.78 is 44.2. The lowest BCUT2D eigenvalue weighted by atomic mass is 9.95. The number of hydrogen-bond donors (Lipinski definition) is 2. The van der Waals surface area contributed by atoms with Gasteiger partial charge in [0.1, 0.15) is 0 Å². The molecule has 2 saturated heterocycles. The fourth-order valence-electron chi connectivity index (χ4n) is 6.06. The first kappa shape index (κ1) is 33.9. The zero-order valence-corrected chi connectivity index (χ0v) is 27.5. The number of aromatic nitrogens is 5. The number of pyridine rings is 1. The summed E-state index contributed by atoms with van der Waals surface area (Å²) >= 11 is 6.49. The largest absolute Gasteiger partial charge is 0.435 e. The van der Waals surface area contributed by atoms with Gasteiger partial charge in [0.2, 0.25) is 5.91 Å². The molecular formula is C32H34ClF3N10O3. The molecule has 3 amide bonds. The molecule has 4 aromatic rings. The number of alkyl halides is 3. The molecule has 49 heavy (non-hydrogen) atoms. The number of likely N-dealkylation sites (tertiary alicyclic amines) is 1. The van der Waals surface area contributed by atoms with Gasteiger partial charge in [-0.05, 0) is 63.3 Å². The van der Waals surface area contributed by atoms with Crippen LogP contribution < -0.4 is 11.1 Å².